The lowest BCUT2D eigenvalue weighted by atomic mass is 9.45. The maximum absolute atomic E-state index is 12.8. The van der Waals surface area contributed by atoms with E-state index in [1.165, 1.54) is 6.08 Å². The van der Waals surface area contributed by atoms with E-state index in [9.17, 15) is 24.6 Å². The van der Waals surface area contributed by atoms with Gasteiger partial charge in [0.15, 0.2) is 10.8 Å². The van der Waals surface area contributed by atoms with Crippen molar-refractivity contribution in [1.29, 1.82) is 0 Å². The molecule has 0 heterocycles. The fourth-order valence-electron chi connectivity index (χ4n) is 7.75. The summed E-state index contributed by atoms with van der Waals surface area (Å²) in [6, 6.07) is 0. The second kappa shape index (κ2) is 7.56. The SMILES string of the molecule is CCCC(=O)O[C@]1(C(=O)O)[C@@H](C)C[C@H]2[C@@H]3CCC4=CC(=O)C=C[C@]4(C)[C@@]3(Cl)[C@@](O)(Cl)C[C@@]21C. The van der Waals surface area contributed by atoms with Crippen LogP contribution in [0.3, 0.4) is 0 Å². The highest BCUT2D eigenvalue weighted by Crippen LogP contribution is 2.75. The quantitative estimate of drug-likeness (QED) is 0.433. The number of hydrogen-bond donors (Lipinski definition) is 2. The van der Waals surface area contributed by atoms with Gasteiger partial charge in [-0.3, -0.25) is 9.59 Å². The minimum atomic E-state index is -2.01. The maximum atomic E-state index is 12.8. The van der Waals surface area contributed by atoms with Gasteiger partial charge in [-0.1, -0.05) is 50.9 Å². The Hall–Kier alpha value is -1.37. The van der Waals surface area contributed by atoms with E-state index in [1.54, 1.807) is 26.0 Å². The summed E-state index contributed by atoms with van der Waals surface area (Å²) in [5.74, 6) is -3.01. The van der Waals surface area contributed by atoms with Crippen molar-refractivity contribution < 1.29 is 29.3 Å². The molecule has 3 fully saturated rings. The summed E-state index contributed by atoms with van der Waals surface area (Å²) in [7, 11) is 0. The van der Waals surface area contributed by atoms with Crippen LogP contribution < -0.4 is 0 Å². The molecule has 4 rings (SSSR count). The molecule has 8 atom stereocenters. The zero-order valence-corrected chi connectivity index (χ0v) is 21.0. The number of carboxylic acid groups (broad SMARTS) is 1. The fourth-order valence-corrected chi connectivity index (χ4v) is 8.88. The largest absolute Gasteiger partial charge is 0.478 e. The summed E-state index contributed by atoms with van der Waals surface area (Å²) in [5.41, 5.74) is -3.00. The highest BCUT2D eigenvalue weighted by atomic mass is 35.5. The molecule has 4 aliphatic rings. The van der Waals surface area contributed by atoms with Gasteiger partial charge in [0.1, 0.15) is 4.87 Å². The number of hydrogen-bond acceptors (Lipinski definition) is 5. The van der Waals surface area contributed by atoms with E-state index in [4.69, 9.17) is 27.9 Å². The van der Waals surface area contributed by atoms with Crippen LogP contribution >= 0.6 is 23.2 Å². The molecule has 0 bridgehead atoms. The molecule has 0 spiro atoms. The third-order valence-electron chi connectivity index (χ3n) is 9.22. The van der Waals surface area contributed by atoms with Gasteiger partial charge in [-0.15, -0.1) is 11.6 Å². The summed E-state index contributed by atoms with van der Waals surface area (Å²) >= 11 is 14.3. The zero-order chi connectivity index (χ0) is 24.6. The minimum Gasteiger partial charge on any atom is -0.478 e. The lowest BCUT2D eigenvalue weighted by Crippen LogP contribution is -2.72. The van der Waals surface area contributed by atoms with Gasteiger partial charge in [0.25, 0.3) is 0 Å². The van der Waals surface area contributed by atoms with Crippen LogP contribution in [0.5, 0.6) is 0 Å². The molecule has 0 aromatic rings. The van der Waals surface area contributed by atoms with E-state index in [1.807, 2.05) is 13.8 Å². The molecule has 0 amide bonds. The highest BCUT2D eigenvalue weighted by molar-refractivity contribution is 6.35. The standard InChI is InChI=1S/C25H32Cl2O6/c1-5-6-19(29)33-24(20(30)31)14(2)11-18-17-8-7-15-12-16(28)9-10-21(15,3)25(17,27)23(26,32)13-22(18,24)4/h9-10,12,14,17-18,32H,5-8,11,13H2,1-4H3,(H,30,31)/t14-,17-,18-,21-,22-,23+,24-,25+/m0/s1. The average Bonchev–Trinajstić information content (AvgIpc) is 2.91. The Balaban J connectivity index is 1.87. The predicted molar refractivity (Wildman–Crippen MR) is 124 cm³/mol. The Morgan fingerprint density at radius 2 is 1.91 bits per heavy atom. The number of ketones is 1. The van der Waals surface area contributed by atoms with Crippen LogP contribution in [0, 0.1) is 28.6 Å². The van der Waals surface area contributed by atoms with Crippen LogP contribution in [-0.2, 0) is 19.1 Å². The first kappa shape index (κ1) is 24.7. The van der Waals surface area contributed by atoms with E-state index < -0.39 is 44.2 Å². The molecule has 2 N–H and O–H groups in total. The zero-order valence-electron chi connectivity index (χ0n) is 19.5. The van der Waals surface area contributed by atoms with Crippen LogP contribution in [-0.4, -0.2) is 43.5 Å². The van der Waals surface area contributed by atoms with Crippen LogP contribution in [0.25, 0.3) is 0 Å². The van der Waals surface area contributed by atoms with Crippen molar-refractivity contribution in [2.75, 3.05) is 0 Å². The average molecular weight is 499 g/mol. The van der Waals surface area contributed by atoms with Gasteiger partial charge in [-0.25, -0.2) is 4.79 Å². The number of allylic oxidation sites excluding steroid dienone is 4. The Labute approximate surface area is 204 Å². The van der Waals surface area contributed by atoms with Gasteiger partial charge in [0.05, 0.1) is 0 Å². The molecule has 0 aromatic heterocycles. The van der Waals surface area contributed by atoms with Crippen molar-refractivity contribution in [3.05, 3.63) is 23.8 Å². The van der Waals surface area contributed by atoms with E-state index in [0.29, 0.717) is 25.7 Å². The molecule has 0 aliphatic heterocycles. The number of aliphatic carboxylic acids is 1. The van der Waals surface area contributed by atoms with Gasteiger partial charge >= 0.3 is 11.9 Å². The number of esters is 1. The summed E-state index contributed by atoms with van der Waals surface area (Å²) in [6.45, 7) is 7.27. The van der Waals surface area contributed by atoms with Crippen LogP contribution in [0.1, 0.15) is 66.2 Å². The van der Waals surface area contributed by atoms with Crippen molar-refractivity contribution in [1.82, 2.24) is 0 Å². The summed E-state index contributed by atoms with van der Waals surface area (Å²) in [6.07, 6.45) is 6.88. The van der Waals surface area contributed by atoms with Crippen molar-refractivity contribution in [2.45, 2.75) is 81.8 Å². The number of rotatable bonds is 4. The second-order valence-electron chi connectivity index (χ2n) is 10.8. The monoisotopic (exact) mass is 498 g/mol. The van der Waals surface area contributed by atoms with Crippen LogP contribution in [0.15, 0.2) is 23.8 Å². The molecule has 0 radical (unpaired) electrons. The smallest absolute Gasteiger partial charge is 0.349 e. The number of aliphatic hydroxyl groups is 1. The summed E-state index contributed by atoms with van der Waals surface area (Å²) < 4.78 is 5.82. The Morgan fingerprint density at radius 1 is 1.24 bits per heavy atom. The van der Waals surface area contributed by atoms with Crippen LogP contribution in [0.4, 0.5) is 0 Å². The van der Waals surface area contributed by atoms with Gasteiger partial charge < -0.3 is 14.9 Å². The van der Waals surface area contributed by atoms with E-state index in [2.05, 4.69) is 0 Å². The highest BCUT2D eigenvalue weighted by Gasteiger charge is 2.80. The molecule has 182 valence electrons. The van der Waals surface area contributed by atoms with Gasteiger partial charge in [0, 0.05) is 29.6 Å². The van der Waals surface area contributed by atoms with Crippen LogP contribution in [0.2, 0.25) is 0 Å². The second-order valence-corrected chi connectivity index (χ2v) is 12.0. The molecule has 8 heteroatoms. The lowest BCUT2D eigenvalue weighted by Gasteiger charge is -2.66. The Morgan fingerprint density at radius 3 is 2.52 bits per heavy atom. The van der Waals surface area contributed by atoms with Gasteiger partial charge in [-0.2, -0.15) is 0 Å². The third-order valence-corrected chi connectivity index (χ3v) is 10.7. The molecular formula is C25H32Cl2O6. The number of fused-ring (bicyclic) bond motifs is 5. The minimum absolute atomic E-state index is 0.113. The van der Waals surface area contributed by atoms with E-state index in [0.717, 1.165) is 5.57 Å². The summed E-state index contributed by atoms with van der Waals surface area (Å²) in [5, 5.41) is 20.3. The topological polar surface area (TPSA) is 101 Å². The number of carboxylic acids is 1. The molecule has 0 aromatic carbocycles. The molecular weight excluding hydrogens is 467 g/mol. The van der Waals surface area contributed by atoms with Crippen molar-refractivity contribution in [2.24, 2.45) is 28.6 Å². The molecule has 3 saturated carbocycles. The van der Waals surface area contributed by atoms with E-state index >= 15 is 0 Å². The first-order valence-electron chi connectivity index (χ1n) is 11.7. The molecule has 0 saturated heterocycles. The number of carbonyl (C=O) groups is 3. The van der Waals surface area contributed by atoms with Gasteiger partial charge in [0.2, 0.25) is 5.60 Å². The molecule has 33 heavy (non-hydrogen) atoms. The Kier molecular flexibility index (Phi) is 5.67. The first-order valence-corrected chi connectivity index (χ1v) is 12.5. The maximum Gasteiger partial charge on any atom is 0.349 e. The normalized spacial score (nSPS) is 48.4. The molecule has 4 aliphatic carbocycles. The number of ether oxygens (including phenoxy) is 1. The van der Waals surface area contributed by atoms with Crippen molar-refractivity contribution >= 4 is 40.9 Å². The third kappa shape index (κ3) is 2.93. The number of carbonyl (C=O) groups excluding carboxylic acids is 2. The lowest BCUT2D eigenvalue weighted by molar-refractivity contribution is -0.216. The van der Waals surface area contributed by atoms with Crippen molar-refractivity contribution in [3.63, 3.8) is 0 Å². The molecule has 0 unspecified atom stereocenters. The predicted octanol–water partition coefficient (Wildman–Crippen LogP) is 4.61. The van der Waals surface area contributed by atoms with Gasteiger partial charge in [-0.05, 0) is 49.7 Å². The molecule has 6 nitrogen and oxygen atoms in total. The first-order chi connectivity index (χ1) is 15.2. The summed E-state index contributed by atoms with van der Waals surface area (Å²) in [4.78, 5) is 36.1. The van der Waals surface area contributed by atoms with E-state index in [-0.39, 0.29) is 30.5 Å². The number of alkyl halides is 2. The fraction of sp³-hybridized carbons (Fsp3) is 0.720. The van der Waals surface area contributed by atoms with Crippen molar-refractivity contribution in [3.8, 4) is 0 Å². The number of halogens is 2. The Bertz CT molecular complexity index is 972.